The predicted molar refractivity (Wildman–Crippen MR) is 46.7 cm³/mol. The van der Waals surface area contributed by atoms with Crippen LogP contribution in [0.3, 0.4) is 0 Å². The van der Waals surface area contributed by atoms with Crippen molar-refractivity contribution >= 4 is 6.29 Å². The summed E-state index contributed by atoms with van der Waals surface area (Å²) in [5.41, 5.74) is 2.78. The minimum absolute atomic E-state index is 0.570. The van der Waals surface area contributed by atoms with E-state index in [2.05, 4.69) is 16.8 Å². The van der Waals surface area contributed by atoms with Crippen LogP contribution in [-0.4, -0.2) is 11.3 Å². The highest BCUT2D eigenvalue weighted by molar-refractivity contribution is 5.73. The van der Waals surface area contributed by atoms with Gasteiger partial charge in [-0.3, -0.25) is 4.79 Å². The van der Waals surface area contributed by atoms with Crippen LogP contribution in [0.15, 0.2) is 12.3 Å². The molecule has 0 fully saturated rings. The first-order valence-electron chi connectivity index (χ1n) is 3.62. The Hall–Kier alpha value is -1.62. The van der Waals surface area contributed by atoms with Crippen molar-refractivity contribution < 1.29 is 4.79 Å². The number of aryl methyl sites for hydroxylation is 2. The van der Waals surface area contributed by atoms with Gasteiger partial charge in [0.2, 0.25) is 0 Å². The van der Waals surface area contributed by atoms with Crippen LogP contribution in [0.5, 0.6) is 0 Å². The van der Waals surface area contributed by atoms with Gasteiger partial charge in [-0.25, -0.2) is 4.98 Å². The fourth-order valence-corrected chi connectivity index (χ4v) is 0.944. The van der Waals surface area contributed by atoms with E-state index in [0.29, 0.717) is 12.0 Å². The molecule has 1 rings (SSSR count). The first-order chi connectivity index (χ1) is 5.74. The van der Waals surface area contributed by atoms with Crippen molar-refractivity contribution in [2.24, 2.45) is 0 Å². The van der Waals surface area contributed by atoms with Crippen molar-refractivity contribution in [3.63, 3.8) is 0 Å². The van der Waals surface area contributed by atoms with Crippen LogP contribution in [0.4, 0.5) is 0 Å². The van der Waals surface area contributed by atoms with E-state index < -0.39 is 0 Å². The van der Waals surface area contributed by atoms with E-state index in [9.17, 15) is 4.79 Å². The molecule has 2 nitrogen and oxygen atoms in total. The summed E-state index contributed by atoms with van der Waals surface area (Å²) >= 11 is 0. The number of aromatic nitrogens is 1. The molecule has 0 aliphatic rings. The number of carbonyl (C=O) groups excluding carboxylic acids is 1. The number of nitrogens with zero attached hydrogens (tertiary/aromatic N) is 1. The Balaban J connectivity index is 3.09. The van der Waals surface area contributed by atoms with Crippen molar-refractivity contribution in [1.29, 1.82) is 0 Å². The summed E-state index contributed by atoms with van der Waals surface area (Å²) in [6.07, 6.45) is 2.31. The van der Waals surface area contributed by atoms with Crippen LogP contribution < -0.4 is 0 Å². The van der Waals surface area contributed by atoms with Crippen LogP contribution in [0, 0.1) is 25.7 Å². The summed E-state index contributed by atoms with van der Waals surface area (Å²) in [5.74, 6) is 4.99. The average molecular weight is 159 g/mol. The molecule has 0 radical (unpaired) electrons. The lowest BCUT2D eigenvalue weighted by Gasteiger charge is -1.96. The molecule has 60 valence electrons. The van der Waals surface area contributed by atoms with Crippen molar-refractivity contribution in [2.45, 2.75) is 13.8 Å². The number of pyridine rings is 1. The highest BCUT2D eigenvalue weighted by atomic mass is 16.1. The molecule has 0 atom stereocenters. The number of hydrogen-bond acceptors (Lipinski definition) is 2. The van der Waals surface area contributed by atoms with Crippen molar-refractivity contribution in [3.8, 4) is 11.8 Å². The molecule has 12 heavy (non-hydrogen) atoms. The molecule has 0 bridgehead atoms. The van der Waals surface area contributed by atoms with Gasteiger partial charge in [0.05, 0.1) is 0 Å². The Morgan fingerprint density at radius 1 is 1.50 bits per heavy atom. The van der Waals surface area contributed by atoms with Gasteiger partial charge >= 0.3 is 0 Å². The summed E-state index contributed by atoms with van der Waals surface area (Å²) in [5, 5.41) is 0. The van der Waals surface area contributed by atoms with Gasteiger partial charge < -0.3 is 0 Å². The van der Waals surface area contributed by atoms with E-state index >= 15 is 0 Å². The number of carbonyl (C=O) groups is 1. The Morgan fingerprint density at radius 3 is 2.83 bits per heavy atom. The quantitative estimate of drug-likeness (QED) is 0.421. The lowest BCUT2D eigenvalue weighted by atomic mass is 10.2. The minimum Gasteiger partial charge on any atom is -0.289 e. The smallest absolute Gasteiger partial charge is 0.193 e. The zero-order chi connectivity index (χ0) is 8.97. The van der Waals surface area contributed by atoms with E-state index in [0.717, 1.165) is 11.1 Å². The summed E-state index contributed by atoms with van der Waals surface area (Å²) < 4.78 is 0. The molecule has 0 aliphatic heterocycles. The van der Waals surface area contributed by atoms with Gasteiger partial charge in [0.1, 0.15) is 5.69 Å². The van der Waals surface area contributed by atoms with Gasteiger partial charge in [0.15, 0.2) is 6.29 Å². The Bertz CT molecular complexity index is 358. The number of rotatable bonds is 0. The molecular weight excluding hydrogens is 150 g/mol. The van der Waals surface area contributed by atoms with E-state index in [1.807, 2.05) is 19.9 Å². The number of hydrogen-bond donors (Lipinski definition) is 0. The first kappa shape index (κ1) is 8.48. The van der Waals surface area contributed by atoms with Crippen LogP contribution >= 0.6 is 0 Å². The largest absolute Gasteiger partial charge is 0.289 e. The molecule has 2 heteroatoms. The summed E-state index contributed by atoms with van der Waals surface area (Å²) in [6, 6.07) is 1.99. The van der Waals surface area contributed by atoms with E-state index in [1.54, 1.807) is 6.20 Å². The molecule has 0 saturated carbocycles. The van der Waals surface area contributed by atoms with Crippen molar-refractivity contribution in [3.05, 3.63) is 29.1 Å². The topological polar surface area (TPSA) is 30.0 Å². The molecule has 0 unspecified atom stereocenters. The summed E-state index contributed by atoms with van der Waals surface area (Å²) in [4.78, 5) is 14.0. The van der Waals surface area contributed by atoms with Crippen molar-refractivity contribution in [2.75, 3.05) is 0 Å². The van der Waals surface area contributed by atoms with Crippen LogP contribution in [0.1, 0.15) is 16.8 Å². The van der Waals surface area contributed by atoms with Gasteiger partial charge in [-0.2, -0.15) is 0 Å². The van der Waals surface area contributed by atoms with E-state index in [1.165, 1.54) is 0 Å². The Morgan fingerprint density at radius 2 is 2.25 bits per heavy atom. The molecule has 0 amide bonds. The van der Waals surface area contributed by atoms with Gasteiger partial charge in [-0.05, 0) is 36.8 Å². The molecule has 1 heterocycles. The van der Waals surface area contributed by atoms with Gasteiger partial charge in [-0.1, -0.05) is 6.07 Å². The monoisotopic (exact) mass is 159 g/mol. The van der Waals surface area contributed by atoms with Gasteiger partial charge in [0.25, 0.3) is 0 Å². The zero-order valence-corrected chi connectivity index (χ0v) is 7.09. The number of aldehydes is 1. The fourth-order valence-electron chi connectivity index (χ4n) is 0.944. The van der Waals surface area contributed by atoms with Crippen LogP contribution in [0.25, 0.3) is 0 Å². The Labute approximate surface area is 71.6 Å². The SMILES string of the molecule is Cc1cnc(C#CC=O)c(C)c1. The third-order valence-corrected chi connectivity index (χ3v) is 1.46. The second kappa shape index (κ2) is 3.68. The molecule has 0 aliphatic carbocycles. The lowest BCUT2D eigenvalue weighted by molar-refractivity contribution is -0.103. The molecule has 1 aromatic heterocycles. The summed E-state index contributed by atoms with van der Waals surface area (Å²) in [6.45, 7) is 3.89. The fraction of sp³-hybridized carbons (Fsp3) is 0.200. The first-order valence-corrected chi connectivity index (χ1v) is 3.62. The third kappa shape index (κ3) is 1.93. The predicted octanol–water partition coefficient (Wildman–Crippen LogP) is 1.25. The molecular formula is C10H9NO. The standard InChI is InChI=1S/C10H9NO/c1-8-6-9(2)10(11-7-8)4-3-5-12/h5-7H,1-2H3. The molecule has 0 spiro atoms. The average Bonchev–Trinajstić information content (AvgIpc) is 2.03. The molecule has 0 N–H and O–H groups in total. The maximum atomic E-state index is 9.96. The third-order valence-electron chi connectivity index (χ3n) is 1.46. The maximum absolute atomic E-state index is 9.96. The van der Waals surface area contributed by atoms with Crippen LogP contribution in [-0.2, 0) is 4.79 Å². The minimum atomic E-state index is 0.570. The highest BCUT2D eigenvalue weighted by Crippen LogP contribution is 2.04. The second-order valence-corrected chi connectivity index (χ2v) is 2.57. The maximum Gasteiger partial charge on any atom is 0.193 e. The second-order valence-electron chi connectivity index (χ2n) is 2.57. The van der Waals surface area contributed by atoms with Crippen molar-refractivity contribution in [1.82, 2.24) is 4.98 Å². The highest BCUT2D eigenvalue weighted by Gasteiger charge is 1.94. The van der Waals surface area contributed by atoms with Gasteiger partial charge in [-0.15, -0.1) is 0 Å². The van der Waals surface area contributed by atoms with Gasteiger partial charge in [0, 0.05) is 6.20 Å². The molecule has 0 saturated heterocycles. The van der Waals surface area contributed by atoms with Crippen LogP contribution in [0.2, 0.25) is 0 Å². The lowest BCUT2D eigenvalue weighted by Crippen LogP contribution is -1.88. The van der Waals surface area contributed by atoms with E-state index in [-0.39, 0.29) is 0 Å². The normalized spacial score (nSPS) is 8.50. The molecule has 1 aromatic rings. The van der Waals surface area contributed by atoms with E-state index in [4.69, 9.17) is 0 Å². The molecule has 0 aromatic carbocycles. The summed E-state index contributed by atoms with van der Waals surface area (Å²) in [7, 11) is 0. The zero-order valence-electron chi connectivity index (χ0n) is 7.09. The Kier molecular flexibility index (Phi) is 2.60.